The van der Waals surface area contributed by atoms with Gasteiger partial charge in [-0.25, -0.2) is 4.39 Å². The van der Waals surface area contributed by atoms with Gasteiger partial charge in [-0.1, -0.05) is 12.1 Å². The number of hydrogen-bond donors (Lipinski definition) is 3. The number of halogens is 1. The van der Waals surface area contributed by atoms with Crippen molar-refractivity contribution in [2.45, 2.75) is 25.1 Å². The average molecular weight is 330 g/mol. The van der Waals surface area contributed by atoms with Gasteiger partial charge in [-0.3, -0.25) is 4.79 Å². The van der Waals surface area contributed by atoms with Crippen molar-refractivity contribution in [1.82, 2.24) is 10.6 Å². The van der Waals surface area contributed by atoms with Crippen molar-refractivity contribution >= 4 is 5.91 Å². The summed E-state index contributed by atoms with van der Waals surface area (Å²) >= 11 is 0. The molecule has 0 spiro atoms. The lowest BCUT2D eigenvalue weighted by Gasteiger charge is -2.11. The molecule has 1 aliphatic rings. The van der Waals surface area contributed by atoms with Crippen molar-refractivity contribution in [2.24, 2.45) is 0 Å². The molecule has 0 aliphatic carbocycles. The van der Waals surface area contributed by atoms with E-state index < -0.39 is 6.10 Å². The van der Waals surface area contributed by atoms with E-state index in [0.717, 1.165) is 5.56 Å². The van der Waals surface area contributed by atoms with Crippen LogP contribution in [-0.4, -0.2) is 29.7 Å². The van der Waals surface area contributed by atoms with E-state index in [1.54, 1.807) is 24.3 Å². The number of aliphatic hydroxyl groups is 1. The van der Waals surface area contributed by atoms with Crippen molar-refractivity contribution in [2.75, 3.05) is 6.54 Å². The van der Waals surface area contributed by atoms with Crippen LogP contribution in [-0.2, 0) is 11.3 Å². The Kier molecular flexibility index (Phi) is 5.08. The zero-order valence-corrected chi connectivity index (χ0v) is 13.0. The van der Waals surface area contributed by atoms with E-state index in [4.69, 9.17) is 4.74 Å². The number of carbonyl (C=O) groups excluding carboxylic acids is 1. The lowest BCUT2D eigenvalue weighted by molar-refractivity contribution is -0.123. The molecule has 2 atom stereocenters. The van der Waals surface area contributed by atoms with Gasteiger partial charge in [0.25, 0.3) is 0 Å². The van der Waals surface area contributed by atoms with Crippen LogP contribution in [0, 0.1) is 5.82 Å². The predicted octanol–water partition coefficient (Wildman–Crippen LogP) is 1.96. The number of hydrogen-bond acceptors (Lipinski definition) is 4. The second-order valence-corrected chi connectivity index (χ2v) is 5.77. The molecule has 3 N–H and O–H groups in total. The topological polar surface area (TPSA) is 70.6 Å². The second kappa shape index (κ2) is 7.42. The summed E-state index contributed by atoms with van der Waals surface area (Å²) in [4.78, 5) is 12.0. The summed E-state index contributed by atoms with van der Waals surface area (Å²) in [5, 5.41) is 15.2. The summed E-state index contributed by atoms with van der Waals surface area (Å²) in [7, 11) is 0. The normalized spacial score (nSPS) is 19.9. The molecule has 0 saturated carbocycles. The van der Waals surface area contributed by atoms with Crippen molar-refractivity contribution < 1.29 is 19.0 Å². The number of carbonyl (C=O) groups is 1. The first-order valence-corrected chi connectivity index (χ1v) is 7.82. The molecule has 1 heterocycles. The van der Waals surface area contributed by atoms with Gasteiger partial charge in [-0.05, 0) is 48.4 Å². The number of β-amino-alcohol motifs (C(OH)–C–C–N with tert-alkyl or cyclic N) is 1. The molecule has 0 bridgehead atoms. The van der Waals surface area contributed by atoms with Crippen LogP contribution in [0.3, 0.4) is 0 Å². The van der Waals surface area contributed by atoms with Crippen LogP contribution in [0.1, 0.15) is 12.0 Å². The first-order valence-electron chi connectivity index (χ1n) is 7.82. The summed E-state index contributed by atoms with van der Waals surface area (Å²) in [5.41, 5.74) is 0.938. The highest BCUT2D eigenvalue weighted by atomic mass is 19.1. The Morgan fingerprint density at radius 1 is 1.17 bits per heavy atom. The average Bonchev–Trinajstić information content (AvgIpc) is 3.03. The predicted molar refractivity (Wildman–Crippen MR) is 87.2 cm³/mol. The van der Waals surface area contributed by atoms with E-state index in [1.165, 1.54) is 12.1 Å². The van der Waals surface area contributed by atoms with Crippen molar-refractivity contribution in [3.05, 3.63) is 59.9 Å². The fourth-order valence-corrected chi connectivity index (χ4v) is 2.54. The van der Waals surface area contributed by atoms with Crippen LogP contribution in [0.5, 0.6) is 11.5 Å². The quantitative estimate of drug-likeness (QED) is 0.784. The van der Waals surface area contributed by atoms with E-state index in [2.05, 4.69) is 10.6 Å². The molecular weight excluding hydrogens is 311 g/mol. The van der Waals surface area contributed by atoms with Gasteiger partial charge in [0.15, 0.2) is 0 Å². The Hall–Kier alpha value is -2.44. The van der Waals surface area contributed by atoms with Gasteiger partial charge in [-0.15, -0.1) is 0 Å². The van der Waals surface area contributed by atoms with E-state index in [9.17, 15) is 14.3 Å². The van der Waals surface area contributed by atoms with Crippen LogP contribution in [0.4, 0.5) is 4.39 Å². The lowest BCUT2D eigenvalue weighted by atomic mass is 10.1. The second-order valence-electron chi connectivity index (χ2n) is 5.77. The number of ether oxygens (including phenoxy) is 1. The molecule has 1 aliphatic heterocycles. The zero-order chi connectivity index (χ0) is 16.9. The lowest BCUT2D eigenvalue weighted by Crippen LogP contribution is -2.39. The third-order valence-electron chi connectivity index (χ3n) is 3.86. The van der Waals surface area contributed by atoms with Gasteiger partial charge in [0, 0.05) is 13.1 Å². The van der Waals surface area contributed by atoms with Crippen LogP contribution in [0.2, 0.25) is 0 Å². The van der Waals surface area contributed by atoms with Gasteiger partial charge in [0.1, 0.15) is 17.3 Å². The SMILES string of the molecule is O=C(NCc1ccc(Oc2ccc(F)cc2)cc1)C1CC(O)CN1. The maximum atomic E-state index is 12.9. The fourth-order valence-electron chi connectivity index (χ4n) is 2.54. The van der Waals surface area contributed by atoms with E-state index in [1.807, 2.05) is 12.1 Å². The molecule has 1 fully saturated rings. The van der Waals surface area contributed by atoms with E-state index >= 15 is 0 Å². The highest BCUT2D eigenvalue weighted by molar-refractivity contribution is 5.82. The molecule has 126 valence electrons. The largest absolute Gasteiger partial charge is 0.457 e. The van der Waals surface area contributed by atoms with E-state index in [0.29, 0.717) is 31.0 Å². The maximum Gasteiger partial charge on any atom is 0.237 e. The van der Waals surface area contributed by atoms with Gasteiger partial charge in [0.05, 0.1) is 12.1 Å². The molecule has 2 aromatic carbocycles. The van der Waals surface area contributed by atoms with Crippen LogP contribution in [0.15, 0.2) is 48.5 Å². The third kappa shape index (κ3) is 4.31. The van der Waals surface area contributed by atoms with Gasteiger partial charge in [0.2, 0.25) is 5.91 Å². The number of benzene rings is 2. The standard InChI is InChI=1S/C18H19FN2O3/c19-13-3-7-16(8-4-13)24-15-5-1-12(2-6-15)10-21-18(23)17-9-14(22)11-20-17/h1-8,14,17,20,22H,9-11H2,(H,21,23). The molecule has 6 heteroatoms. The number of amides is 1. The van der Waals surface area contributed by atoms with Crippen LogP contribution >= 0.6 is 0 Å². The molecule has 1 amide bonds. The Morgan fingerprint density at radius 3 is 2.38 bits per heavy atom. The third-order valence-corrected chi connectivity index (χ3v) is 3.86. The van der Waals surface area contributed by atoms with Gasteiger partial charge >= 0.3 is 0 Å². The number of nitrogens with one attached hydrogen (secondary N) is 2. The van der Waals surface area contributed by atoms with Crippen molar-refractivity contribution in [3.63, 3.8) is 0 Å². The maximum absolute atomic E-state index is 12.9. The monoisotopic (exact) mass is 330 g/mol. The smallest absolute Gasteiger partial charge is 0.237 e. The minimum atomic E-state index is -0.455. The molecule has 0 radical (unpaired) electrons. The highest BCUT2D eigenvalue weighted by Gasteiger charge is 2.27. The Labute approximate surface area is 139 Å². The molecule has 1 saturated heterocycles. The molecule has 2 aromatic rings. The molecule has 2 unspecified atom stereocenters. The summed E-state index contributed by atoms with van der Waals surface area (Å²) in [5.74, 6) is 0.775. The number of aliphatic hydroxyl groups excluding tert-OH is 1. The van der Waals surface area contributed by atoms with Crippen LogP contribution in [0.25, 0.3) is 0 Å². The zero-order valence-electron chi connectivity index (χ0n) is 13.0. The molecule has 3 rings (SSSR count). The Balaban J connectivity index is 1.51. The summed E-state index contributed by atoms with van der Waals surface area (Å²) in [6.45, 7) is 0.859. The van der Waals surface area contributed by atoms with E-state index in [-0.39, 0.29) is 17.8 Å². The van der Waals surface area contributed by atoms with Gasteiger partial charge < -0.3 is 20.5 Å². The molecule has 5 nitrogen and oxygen atoms in total. The summed E-state index contributed by atoms with van der Waals surface area (Å²) < 4.78 is 18.5. The fraction of sp³-hybridized carbons (Fsp3) is 0.278. The molecular formula is C18H19FN2O3. The van der Waals surface area contributed by atoms with Gasteiger partial charge in [-0.2, -0.15) is 0 Å². The van der Waals surface area contributed by atoms with Crippen molar-refractivity contribution in [3.8, 4) is 11.5 Å². The summed E-state index contributed by atoms with van der Waals surface area (Å²) in [6.07, 6.45) is -0.0142. The highest BCUT2D eigenvalue weighted by Crippen LogP contribution is 2.21. The Morgan fingerprint density at radius 2 is 1.79 bits per heavy atom. The Bertz CT molecular complexity index is 688. The van der Waals surface area contributed by atoms with Crippen molar-refractivity contribution in [1.29, 1.82) is 0 Å². The number of rotatable bonds is 5. The molecule has 24 heavy (non-hydrogen) atoms. The van der Waals surface area contributed by atoms with Crippen LogP contribution < -0.4 is 15.4 Å². The minimum Gasteiger partial charge on any atom is -0.457 e. The first kappa shape index (κ1) is 16.4. The summed E-state index contributed by atoms with van der Waals surface area (Å²) in [6, 6.07) is 12.8. The first-order chi connectivity index (χ1) is 11.6. The minimum absolute atomic E-state index is 0.113. The molecule has 0 aromatic heterocycles.